The number of fused-ring (bicyclic) bond motifs is 2. The number of urea groups is 1. The summed E-state index contributed by atoms with van der Waals surface area (Å²) in [6, 6.07) is 6.94. The van der Waals surface area contributed by atoms with Crippen molar-refractivity contribution in [3.63, 3.8) is 0 Å². The highest BCUT2D eigenvalue weighted by atomic mass is 16.5. The van der Waals surface area contributed by atoms with Crippen molar-refractivity contribution < 1.29 is 19.4 Å². The van der Waals surface area contributed by atoms with Crippen LogP contribution in [0.4, 0.5) is 10.5 Å². The first-order valence-electron chi connectivity index (χ1n) is 12.0. The lowest BCUT2D eigenvalue weighted by atomic mass is 10.1. The number of benzene rings is 1. The molecule has 0 saturated carbocycles. The van der Waals surface area contributed by atoms with Crippen LogP contribution in [0.2, 0.25) is 0 Å². The molecule has 1 N–H and O–H groups in total. The summed E-state index contributed by atoms with van der Waals surface area (Å²) in [6.07, 6.45) is 7.62. The molecular weight excluding hydrogens is 446 g/mol. The third-order valence-electron chi connectivity index (χ3n) is 7.09. The number of phenolic OH excluding ortho intramolecular Hbond substituents is 1. The number of aryl methyl sites for hydroxylation is 1. The molecule has 0 aliphatic carbocycles. The molecule has 3 aliphatic heterocycles. The first kappa shape index (κ1) is 21.5. The molecule has 5 heterocycles. The zero-order valence-corrected chi connectivity index (χ0v) is 19.6. The van der Waals surface area contributed by atoms with Gasteiger partial charge in [-0.3, -0.25) is 4.79 Å². The molecule has 0 bridgehead atoms. The number of nitrogens with zero attached hydrogens (tertiary/aromatic N) is 5. The molecule has 2 saturated heterocycles. The standard InChI is InChI=1S/C26H27N5O4/c1-28-16-17(15-21-24(33)23-19(32)5-4-6-20(23)35-21)22-18(7-8-27-25(22)28)29-11-13-31(14-12-29)26(34)30-9-2-3-10-30/h4-8,15-16,32H,2-3,9-14H2,1H3/b21-15-. The number of anilines is 1. The van der Waals surface area contributed by atoms with Gasteiger partial charge in [0.05, 0.1) is 5.69 Å². The predicted molar refractivity (Wildman–Crippen MR) is 132 cm³/mol. The number of aromatic hydroxyl groups is 1. The van der Waals surface area contributed by atoms with Crippen molar-refractivity contribution in [1.82, 2.24) is 19.4 Å². The number of ketones is 1. The number of carbonyl (C=O) groups is 2. The number of phenols is 1. The first-order chi connectivity index (χ1) is 17.0. The van der Waals surface area contributed by atoms with Crippen molar-refractivity contribution >= 4 is 34.6 Å². The Labute approximate surface area is 202 Å². The van der Waals surface area contributed by atoms with Crippen LogP contribution in [0.25, 0.3) is 17.1 Å². The van der Waals surface area contributed by atoms with Crippen LogP contribution in [0, 0.1) is 0 Å². The Balaban J connectivity index is 1.30. The summed E-state index contributed by atoms with van der Waals surface area (Å²) >= 11 is 0. The van der Waals surface area contributed by atoms with E-state index in [0.29, 0.717) is 18.8 Å². The van der Waals surface area contributed by atoms with Gasteiger partial charge in [-0.25, -0.2) is 9.78 Å². The highest BCUT2D eigenvalue weighted by Crippen LogP contribution is 2.39. The molecule has 2 amide bonds. The second-order valence-electron chi connectivity index (χ2n) is 9.26. The molecule has 3 aromatic rings. The molecule has 9 heteroatoms. The fraction of sp³-hybridized carbons (Fsp3) is 0.346. The number of carbonyl (C=O) groups excluding carboxylic acids is 2. The average Bonchev–Trinajstić information content (AvgIpc) is 3.59. The Bertz CT molecular complexity index is 1360. The number of aromatic nitrogens is 2. The van der Waals surface area contributed by atoms with E-state index >= 15 is 0 Å². The third kappa shape index (κ3) is 3.58. The van der Waals surface area contributed by atoms with Gasteiger partial charge in [0, 0.05) is 69.7 Å². The number of allylic oxidation sites excluding steroid dienone is 1. The maximum atomic E-state index is 12.9. The van der Waals surface area contributed by atoms with Crippen LogP contribution < -0.4 is 9.64 Å². The topological polar surface area (TPSA) is 91.1 Å². The second-order valence-corrected chi connectivity index (χ2v) is 9.26. The van der Waals surface area contributed by atoms with Crippen molar-refractivity contribution in [2.45, 2.75) is 12.8 Å². The van der Waals surface area contributed by atoms with Crippen molar-refractivity contribution in [1.29, 1.82) is 0 Å². The van der Waals surface area contributed by atoms with Crippen LogP contribution in [-0.4, -0.2) is 75.5 Å². The molecule has 0 atom stereocenters. The van der Waals surface area contributed by atoms with E-state index in [-0.39, 0.29) is 28.9 Å². The van der Waals surface area contributed by atoms with E-state index in [1.165, 1.54) is 6.07 Å². The Morgan fingerprint density at radius 1 is 1.06 bits per heavy atom. The number of hydrogen-bond donors (Lipinski definition) is 1. The number of piperazine rings is 1. The summed E-state index contributed by atoms with van der Waals surface area (Å²) < 4.78 is 7.73. The normalized spacial score (nSPS) is 19.1. The lowest BCUT2D eigenvalue weighted by Gasteiger charge is -2.38. The van der Waals surface area contributed by atoms with Gasteiger partial charge in [0.25, 0.3) is 0 Å². The van der Waals surface area contributed by atoms with Crippen LogP contribution in [-0.2, 0) is 7.05 Å². The monoisotopic (exact) mass is 473 g/mol. The van der Waals surface area contributed by atoms with Gasteiger partial charge in [-0.05, 0) is 37.1 Å². The number of likely N-dealkylation sites (tertiary alicyclic amines) is 1. The molecule has 35 heavy (non-hydrogen) atoms. The molecule has 0 spiro atoms. The Morgan fingerprint density at radius 2 is 1.80 bits per heavy atom. The summed E-state index contributed by atoms with van der Waals surface area (Å²) in [5.74, 6) is 0.107. The predicted octanol–water partition coefficient (Wildman–Crippen LogP) is 3.23. The maximum absolute atomic E-state index is 12.9. The Hall–Kier alpha value is -4.01. The lowest BCUT2D eigenvalue weighted by Crippen LogP contribution is -2.52. The number of rotatable bonds is 2. The molecule has 0 unspecified atom stereocenters. The maximum Gasteiger partial charge on any atom is 0.320 e. The van der Waals surface area contributed by atoms with Crippen molar-refractivity contribution in [2.24, 2.45) is 7.05 Å². The first-order valence-corrected chi connectivity index (χ1v) is 12.0. The Kier molecular flexibility index (Phi) is 5.12. The SMILES string of the molecule is Cn1cc(/C=C2\Oc3cccc(O)c3C2=O)c2c(N3CCN(C(=O)N4CCCC4)CC3)ccnc21. The van der Waals surface area contributed by atoms with Crippen LogP contribution >= 0.6 is 0 Å². The van der Waals surface area contributed by atoms with E-state index in [9.17, 15) is 14.7 Å². The minimum Gasteiger partial charge on any atom is -0.507 e. The van der Waals surface area contributed by atoms with Crippen LogP contribution in [0.3, 0.4) is 0 Å². The summed E-state index contributed by atoms with van der Waals surface area (Å²) in [7, 11) is 1.92. The second kappa shape index (κ2) is 8.33. The molecule has 3 aliphatic rings. The fourth-order valence-electron chi connectivity index (χ4n) is 5.30. The summed E-state index contributed by atoms with van der Waals surface area (Å²) in [4.78, 5) is 36.5. The van der Waals surface area contributed by atoms with E-state index in [1.54, 1.807) is 24.4 Å². The summed E-state index contributed by atoms with van der Waals surface area (Å²) in [6.45, 7) is 4.48. The molecule has 180 valence electrons. The smallest absolute Gasteiger partial charge is 0.320 e. The number of ether oxygens (including phenoxy) is 1. The largest absolute Gasteiger partial charge is 0.507 e. The Morgan fingerprint density at radius 3 is 2.54 bits per heavy atom. The summed E-state index contributed by atoms with van der Waals surface area (Å²) in [5, 5.41) is 11.1. The molecule has 2 fully saturated rings. The molecule has 9 nitrogen and oxygen atoms in total. The zero-order valence-electron chi connectivity index (χ0n) is 19.6. The van der Waals surface area contributed by atoms with Crippen molar-refractivity contribution in [3.8, 4) is 11.5 Å². The van der Waals surface area contributed by atoms with Crippen LogP contribution in [0.5, 0.6) is 11.5 Å². The number of Topliss-reactive ketones (excluding diaryl/α,β-unsaturated/α-hetero) is 1. The van der Waals surface area contributed by atoms with Crippen LogP contribution in [0.15, 0.2) is 42.4 Å². The highest BCUT2D eigenvalue weighted by molar-refractivity contribution is 6.17. The molecule has 0 radical (unpaired) electrons. The van der Waals surface area contributed by atoms with Gasteiger partial charge >= 0.3 is 6.03 Å². The average molecular weight is 474 g/mol. The number of pyridine rings is 1. The van der Waals surface area contributed by atoms with E-state index in [4.69, 9.17) is 4.74 Å². The molecule has 2 aromatic heterocycles. The molecular formula is C26H27N5O4. The number of amides is 2. The van der Waals surface area contributed by atoms with E-state index < -0.39 is 0 Å². The van der Waals surface area contributed by atoms with Gasteiger partial charge in [-0.1, -0.05) is 6.07 Å². The van der Waals surface area contributed by atoms with Crippen LogP contribution in [0.1, 0.15) is 28.8 Å². The lowest BCUT2D eigenvalue weighted by molar-refractivity contribution is 0.101. The van der Waals surface area contributed by atoms with Gasteiger partial charge < -0.3 is 29.1 Å². The van der Waals surface area contributed by atoms with E-state index in [2.05, 4.69) is 9.88 Å². The van der Waals surface area contributed by atoms with Gasteiger partial charge in [0.1, 0.15) is 22.7 Å². The minimum absolute atomic E-state index is 0.0856. The van der Waals surface area contributed by atoms with Gasteiger partial charge in [-0.15, -0.1) is 0 Å². The number of hydrogen-bond acceptors (Lipinski definition) is 6. The van der Waals surface area contributed by atoms with Crippen molar-refractivity contribution in [3.05, 3.63) is 53.5 Å². The highest BCUT2D eigenvalue weighted by Gasteiger charge is 2.31. The third-order valence-corrected chi connectivity index (χ3v) is 7.09. The molecule has 6 rings (SSSR count). The van der Waals surface area contributed by atoms with Gasteiger partial charge in [-0.2, -0.15) is 0 Å². The molecule has 1 aromatic carbocycles. The summed E-state index contributed by atoms with van der Waals surface area (Å²) in [5.41, 5.74) is 2.82. The fourth-order valence-corrected chi connectivity index (χ4v) is 5.30. The zero-order chi connectivity index (χ0) is 24.1. The van der Waals surface area contributed by atoms with Crippen molar-refractivity contribution in [2.75, 3.05) is 44.2 Å². The van der Waals surface area contributed by atoms with Gasteiger partial charge in [0.15, 0.2) is 5.76 Å². The van der Waals surface area contributed by atoms with Gasteiger partial charge in [0.2, 0.25) is 5.78 Å². The quantitative estimate of drug-likeness (QED) is 0.575. The van der Waals surface area contributed by atoms with E-state index in [0.717, 1.165) is 61.3 Å². The minimum atomic E-state index is -0.338. The van der Waals surface area contributed by atoms with E-state index in [1.807, 2.05) is 33.7 Å².